The fourth-order valence-electron chi connectivity index (χ4n) is 2.94. The Balaban J connectivity index is 1.69. The number of hydrogen-bond acceptors (Lipinski definition) is 3. The monoisotopic (exact) mass is 228 g/mol. The molecule has 0 aromatic rings. The van der Waals surface area contributed by atoms with Crippen molar-refractivity contribution in [3.05, 3.63) is 0 Å². The Kier molecular flexibility index (Phi) is 3.97. The van der Waals surface area contributed by atoms with Crippen LogP contribution in [0.1, 0.15) is 19.3 Å². The van der Waals surface area contributed by atoms with Gasteiger partial charge in [0.2, 0.25) is 0 Å². The van der Waals surface area contributed by atoms with Crippen LogP contribution in [0.5, 0.6) is 0 Å². The smallest absolute Gasteiger partial charge is 0.00693 e. The fraction of sp³-hybridized carbons (Fsp3) is 1.00. The lowest BCUT2D eigenvalue weighted by Crippen LogP contribution is -2.32. The van der Waals surface area contributed by atoms with Crippen LogP contribution in [0.15, 0.2) is 0 Å². The molecule has 0 aromatic carbocycles. The maximum atomic E-state index is 3.47. The molecule has 2 nitrogen and oxygen atoms in total. The van der Waals surface area contributed by atoms with Crippen LogP contribution in [0.25, 0.3) is 0 Å². The Hall–Kier alpha value is 0.270. The van der Waals surface area contributed by atoms with Crippen molar-refractivity contribution in [2.24, 2.45) is 11.3 Å². The minimum atomic E-state index is 0.763. The van der Waals surface area contributed by atoms with Crippen LogP contribution >= 0.6 is 11.8 Å². The highest BCUT2D eigenvalue weighted by molar-refractivity contribution is 7.98. The van der Waals surface area contributed by atoms with Crippen LogP contribution in [0.4, 0.5) is 0 Å². The number of nitrogens with zero attached hydrogens (tertiary/aromatic N) is 1. The number of piperidine rings is 1. The Morgan fingerprint density at radius 3 is 2.80 bits per heavy atom. The van der Waals surface area contributed by atoms with Gasteiger partial charge in [-0.1, -0.05) is 0 Å². The van der Waals surface area contributed by atoms with Crippen LogP contribution in [0, 0.1) is 11.3 Å². The summed E-state index contributed by atoms with van der Waals surface area (Å²) in [6.45, 7) is 5.10. The molecule has 3 heteroatoms. The summed E-state index contributed by atoms with van der Waals surface area (Å²) in [6, 6.07) is 0. The van der Waals surface area contributed by atoms with Crippen molar-refractivity contribution in [2.75, 3.05) is 45.2 Å². The summed E-state index contributed by atoms with van der Waals surface area (Å²) in [5.41, 5.74) is 0.763. The molecule has 1 unspecified atom stereocenters. The van der Waals surface area contributed by atoms with Crippen molar-refractivity contribution >= 4 is 11.8 Å². The van der Waals surface area contributed by atoms with E-state index < -0.39 is 0 Å². The molecule has 1 atom stereocenters. The molecule has 1 aliphatic heterocycles. The van der Waals surface area contributed by atoms with Crippen molar-refractivity contribution in [3.63, 3.8) is 0 Å². The molecule has 1 N–H and O–H groups in total. The van der Waals surface area contributed by atoms with Crippen molar-refractivity contribution in [3.8, 4) is 0 Å². The van der Waals surface area contributed by atoms with Crippen LogP contribution in [0.2, 0.25) is 0 Å². The van der Waals surface area contributed by atoms with Gasteiger partial charge in [0.15, 0.2) is 0 Å². The van der Waals surface area contributed by atoms with Crippen molar-refractivity contribution in [1.82, 2.24) is 10.2 Å². The lowest BCUT2D eigenvalue weighted by molar-refractivity contribution is 0.270. The van der Waals surface area contributed by atoms with Gasteiger partial charge >= 0.3 is 0 Å². The lowest BCUT2D eigenvalue weighted by Gasteiger charge is -2.25. The Bertz CT molecular complexity index is 202. The number of thioether (sulfide) groups is 1. The van der Waals surface area contributed by atoms with E-state index in [1.165, 1.54) is 51.2 Å². The first-order valence-electron chi connectivity index (χ1n) is 6.15. The van der Waals surface area contributed by atoms with E-state index in [2.05, 4.69) is 23.5 Å². The summed E-state index contributed by atoms with van der Waals surface area (Å²) >= 11 is 1.95. The largest absolute Gasteiger partial charge is 0.317 e. The molecule has 1 aliphatic carbocycles. The quantitative estimate of drug-likeness (QED) is 0.770. The van der Waals surface area contributed by atoms with E-state index in [-0.39, 0.29) is 0 Å². The summed E-state index contributed by atoms with van der Waals surface area (Å²) < 4.78 is 0. The predicted molar refractivity (Wildman–Crippen MR) is 68.5 cm³/mol. The topological polar surface area (TPSA) is 15.3 Å². The average molecular weight is 228 g/mol. The summed E-state index contributed by atoms with van der Waals surface area (Å²) in [7, 11) is 2.28. The minimum absolute atomic E-state index is 0.763. The van der Waals surface area contributed by atoms with E-state index in [4.69, 9.17) is 0 Å². The molecule has 0 bridgehead atoms. The molecular formula is C12H24N2S. The summed E-state index contributed by atoms with van der Waals surface area (Å²) in [4.78, 5) is 2.53. The normalized spacial score (nSPS) is 28.6. The second-order valence-corrected chi connectivity index (χ2v) is 6.25. The van der Waals surface area contributed by atoms with E-state index in [0.29, 0.717) is 0 Å². The van der Waals surface area contributed by atoms with Gasteiger partial charge in [0.05, 0.1) is 0 Å². The second kappa shape index (κ2) is 5.07. The maximum Gasteiger partial charge on any atom is 0.00693 e. The molecular weight excluding hydrogens is 204 g/mol. The van der Waals surface area contributed by atoms with Gasteiger partial charge in [-0.2, -0.15) is 11.8 Å². The van der Waals surface area contributed by atoms with Gasteiger partial charge < -0.3 is 10.2 Å². The predicted octanol–water partition coefficient (Wildman–Crippen LogP) is 1.67. The third-order valence-electron chi connectivity index (χ3n) is 4.17. The number of hydrogen-bond donors (Lipinski definition) is 1. The van der Waals surface area contributed by atoms with E-state index in [1.54, 1.807) is 0 Å². The Labute approximate surface area is 98.2 Å². The van der Waals surface area contributed by atoms with E-state index in [1.807, 2.05) is 11.8 Å². The number of nitrogens with one attached hydrogen (secondary N) is 1. The lowest BCUT2D eigenvalue weighted by atomic mass is 9.92. The fourth-order valence-corrected chi connectivity index (χ4v) is 3.44. The molecule has 1 saturated heterocycles. The summed E-state index contributed by atoms with van der Waals surface area (Å²) in [5.74, 6) is 2.28. The van der Waals surface area contributed by atoms with Crippen molar-refractivity contribution < 1.29 is 0 Å². The van der Waals surface area contributed by atoms with E-state index in [9.17, 15) is 0 Å². The van der Waals surface area contributed by atoms with E-state index >= 15 is 0 Å². The molecule has 1 saturated carbocycles. The third-order valence-corrected chi connectivity index (χ3v) is 4.76. The zero-order valence-electron chi connectivity index (χ0n) is 10.1. The van der Waals surface area contributed by atoms with Gasteiger partial charge in [0.1, 0.15) is 0 Å². The van der Waals surface area contributed by atoms with Crippen LogP contribution in [-0.4, -0.2) is 50.1 Å². The zero-order valence-corrected chi connectivity index (χ0v) is 10.9. The first kappa shape index (κ1) is 11.7. The molecule has 0 amide bonds. The first-order chi connectivity index (χ1) is 7.27. The molecule has 2 aliphatic rings. The van der Waals surface area contributed by atoms with Crippen LogP contribution in [0.3, 0.4) is 0 Å². The molecule has 2 fully saturated rings. The van der Waals surface area contributed by atoms with Gasteiger partial charge in [0, 0.05) is 18.8 Å². The highest BCUT2D eigenvalue weighted by Gasteiger charge is 2.53. The molecule has 1 spiro atoms. The summed E-state index contributed by atoms with van der Waals surface area (Å²) in [6.07, 6.45) is 6.54. The Morgan fingerprint density at radius 2 is 2.13 bits per heavy atom. The maximum absolute atomic E-state index is 3.47. The summed E-state index contributed by atoms with van der Waals surface area (Å²) in [5, 5.41) is 3.47. The molecule has 88 valence electrons. The van der Waals surface area contributed by atoms with Crippen molar-refractivity contribution in [2.45, 2.75) is 19.3 Å². The van der Waals surface area contributed by atoms with Gasteiger partial charge in [-0.05, 0) is 57.0 Å². The van der Waals surface area contributed by atoms with Gasteiger partial charge in [0.25, 0.3) is 0 Å². The SMILES string of the molecule is CSCCN(C)CC1CC12CCNCC2. The average Bonchev–Trinajstić information content (AvgIpc) is 2.88. The minimum Gasteiger partial charge on any atom is -0.317 e. The van der Waals surface area contributed by atoms with Crippen LogP contribution < -0.4 is 5.32 Å². The van der Waals surface area contributed by atoms with Gasteiger partial charge in [-0.3, -0.25) is 0 Å². The molecule has 15 heavy (non-hydrogen) atoms. The standard InChI is InChI=1S/C12H24N2S/c1-14(7-8-15-2)10-11-9-12(11)3-5-13-6-4-12/h11,13H,3-10H2,1-2H3. The molecule has 0 radical (unpaired) electrons. The molecule has 0 aromatic heterocycles. The second-order valence-electron chi connectivity index (χ2n) is 5.27. The Morgan fingerprint density at radius 1 is 1.40 bits per heavy atom. The third kappa shape index (κ3) is 2.89. The molecule has 1 heterocycles. The van der Waals surface area contributed by atoms with E-state index in [0.717, 1.165) is 11.3 Å². The van der Waals surface area contributed by atoms with Crippen molar-refractivity contribution in [1.29, 1.82) is 0 Å². The van der Waals surface area contributed by atoms with Gasteiger partial charge in [-0.25, -0.2) is 0 Å². The molecule has 2 rings (SSSR count). The first-order valence-corrected chi connectivity index (χ1v) is 7.54. The van der Waals surface area contributed by atoms with Crippen LogP contribution in [-0.2, 0) is 0 Å². The van der Waals surface area contributed by atoms with Gasteiger partial charge in [-0.15, -0.1) is 0 Å². The number of rotatable bonds is 5. The zero-order chi connectivity index (χ0) is 10.7. The highest BCUT2D eigenvalue weighted by Crippen LogP contribution is 2.58. The highest BCUT2D eigenvalue weighted by atomic mass is 32.2.